The number of H-pyrrole nitrogens is 1. The minimum atomic E-state index is -4.45. The van der Waals surface area contributed by atoms with Crippen LogP contribution in [0.25, 0.3) is 11.0 Å². The van der Waals surface area contributed by atoms with E-state index in [0.717, 1.165) is 17.7 Å². The van der Waals surface area contributed by atoms with Crippen LogP contribution in [0.2, 0.25) is 0 Å². The first-order valence-corrected chi connectivity index (χ1v) is 9.93. The van der Waals surface area contributed by atoms with Crippen molar-refractivity contribution in [2.45, 2.75) is 25.6 Å². The summed E-state index contributed by atoms with van der Waals surface area (Å²) in [5, 5.41) is 13.7. The standard InChI is InChI=1S/C23H18F3N5O2/c1-13(15-6-8-16(9-7-15)23(24,25)26)31-21-20(18(12-27)30-31)22(32)29-19(28-21)11-14-4-3-5-17(10-14)33-2/h3-10,13H,11H2,1-2H3,(H,28,29,32). The van der Waals surface area contributed by atoms with Crippen LogP contribution in [-0.4, -0.2) is 26.9 Å². The molecule has 0 saturated carbocycles. The number of ether oxygens (including phenoxy) is 1. The second-order valence-electron chi connectivity index (χ2n) is 7.44. The maximum absolute atomic E-state index is 12.9. The molecular weight excluding hydrogens is 435 g/mol. The summed E-state index contributed by atoms with van der Waals surface area (Å²) in [5.41, 5.74) is 0.163. The van der Waals surface area contributed by atoms with Gasteiger partial charge in [0.2, 0.25) is 0 Å². The number of nitrogens with zero attached hydrogens (tertiary/aromatic N) is 4. The second kappa shape index (κ2) is 8.43. The Labute approximate surface area is 186 Å². The van der Waals surface area contributed by atoms with E-state index < -0.39 is 23.3 Å². The van der Waals surface area contributed by atoms with Crippen LogP contribution in [0.3, 0.4) is 0 Å². The van der Waals surface area contributed by atoms with Gasteiger partial charge in [0.25, 0.3) is 5.56 Å². The molecule has 4 aromatic rings. The smallest absolute Gasteiger partial charge is 0.416 e. The molecule has 4 rings (SSSR count). The average Bonchev–Trinajstić information content (AvgIpc) is 3.17. The number of nitriles is 1. The fourth-order valence-corrected chi connectivity index (χ4v) is 3.59. The van der Waals surface area contributed by atoms with Crippen molar-refractivity contribution in [1.82, 2.24) is 19.7 Å². The first-order chi connectivity index (χ1) is 15.7. The maximum atomic E-state index is 12.9. The monoisotopic (exact) mass is 453 g/mol. The summed E-state index contributed by atoms with van der Waals surface area (Å²) in [5.74, 6) is 1.01. The minimum absolute atomic E-state index is 0.0330. The van der Waals surface area contributed by atoms with Gasteiger partial charge < -0.3 is 9.72 Å². The van der Waals surface area contributed by atoms with Crippen LogP contribution in [0.5, 0.6) is 5.75 Å². The molecular formula is C23H18F3N5O2. The number of methoxy groups -OCH3 is 1. The second-order valence-corrected chi connectivity index (χ2v) is 7.44. The van der Waals surface area contributed by atoms with Crippen molar-refractivity contribution in [1.29, 1.82) is 5.26 Å². The van der Waals surface area contributed by atoms with Crippen LogP contribution in [0, 0.1) is 11.3 Å². The van der Waals surface area contributed by atoms with E-state index in [1.165, 1.54) is 16.8 Å². The third kappa shape index (κ3) is 4.30. The van der Waals surface area contributed by atoms with Gasteiger partial charge in [-0.2, -0.15) is 23.5 Å². The van der Waals surface area contributed by atoms with Gasteiger partial charge in [-0.3, -0.25) is 4.79 Å². The van der Waals surface area contributed by atoms with Gasteiger partial charge in [-0.25, -0.2) is 9.67 Å². The predicted molar refractivity (Wildman–Crippen MR) is 114 cm³/mol. The molecule has 10 heteroatoms. The SMILES string of the molecule is COc1cccc(Cc2nc3c(c(C#N)nn3C(C)c3ccc(C(F)(F)F)cc3)c(=O)[nH]2)c1. The zero-order valence-electron chi connectivity index (χ0n) is 17.6. The topological polar surface area (TPSA) is 96.6 Å². The van der Waals surface area contributed by atoms with Gasteiger partial charge in [0.1, 0.15) is 23.0 Å². The van der Waals surface area contributed by atoms with Gasteiger partial charge in [-0.05, 0) is 42.3 Å². The lowest BCUT2D eigenvalue weighted by Gasteiger charge is -2.15. The fraction of sp³-hybridized carbons (Fsp3) is 0.217. The Morgan fingerprint density at radius 2 is 1.94 bits per heavy atom. The van der Waals surface area contributed by atoms with Crippen molar-refractivity contribution >= 4 is 11.0 Å². The first kappa shape index (κ1) is 22.1. The van der Waals surface area contributed by atoms with E-state index >= 15 is 0 Å². The molecule has 0 fully saturated rings. The van der Waals surface area contributed by atoms with Gasteiger partial charge in [-0.15, -0.1) is 0 Å². The quantitative estimate of drug-likeness (QED) is 0.488. The number of nitrogens with one attached hydrogen (secondary N) is 1. The van der Waals surface area contributed by atoms with Crippen LogP contribution in [0.4, 0.5) is 13.2 Å². The molecule has 168 valence electrons. The van der Waals surface area contributed by atoms with E-state index in [4.69, 9.17) is 4.74 Å². The number of aromatic amines is 1. The molecule has 33 heavy (non-hydrogen) atoms. The van der Waals surface area contributed by atoms with Gasteiger partial charge in [0, 0.05) is 6.42 Å². The third-order valence-electron chi connectivity index (χ3n) is 5.31. The van der Waals surface area contributed by atoms with E-state index in [1.807, 2.05) is 24.3 Å². The summed E-state index contributed by atoms with van der Waals surface area (Å²) in [6.07, 6.45) is -4.15. The van der Waals surface area contributed by atoms with Gasteiger partial charge >= 0.3 is 6.18 Å². The lowest BCUT2D eigenvalue weighted by Crippen LogP contribution is -2.15. The number of fused-ring (bicyclic) bond motifs is 1. The average molecular weight is 453 g/mol. The molecule has 0 amide bonds. The summed E-state index contributed by atoms with van der Waals surface area (Å²) in [7, 11) is 1.55. The Hall–Kier alpha value is -4.13. The molecule has 0 aliphatic carbocycles. The first-order valence-electron chi connectivity index (χ1n) is 9.93. The minimum Gasteiger partial charge on any atom is -0.497 e. The van der Waals surface area contributed by atoms with E-state index in [9.17, 15) is 23.2 Å². The normalized spacial score (nSPS) is 12.5. The molecule has 0 saturated heterocycles. The highest BCUT2D eigenvalue weighted by Crippen LogP contribution is 2.31. The molecule has 0 aliphatic rings. The Bertz CT molecular complexity index is 1420. The van der Waals surface area contributed by atoms with E-state index in [2.05, 4.69) is 15.1 Å². The summed E-state index contributed by atoms with van der Waals surface area (Å²) in [6, 6.07) is 13.3. The summed E-state index contributed by atoms with van der Waals surface area (Å²) < 4.78 is 45.3. The van der Waals surface area contributed by atoms with E-state index in [1.54, 1.807) is 20.1 Å². The molecule has 1 unspecified atom stereocenters. The number of rotatable bonds is 5. The van der Waals surface area contributed by atoms with Crippen molar-refractivity contribution in [2.24, 2.45) is 0 Å². The van der Waals surface area contributed by atoms with Gasteiger partial charge in [0.15, 0.2) is 11.3 Å². The Balaban J connectivity index is 1.78. The van der Waals surface area contributed by atoms with Crippen molar-refractivity contribution in [3.05, 3.63) is 87.1 Å². The lowest BCUT2D eigenvalue weighted by atomic mass is 10.1. The molecule has 0 aliphatic heterocycles. The van der Waals surface area contributed by atoms with Crippen LogP contribution >= 0.6 is 0 Å². The Morgan fingerprint density at radius 3 is 2.58 bits per heavy atom. The van der Waals surface area contributed by atoms with Gasteiger partial charge in [0.05, 0.1) is 18.7 Å². The van der Waals surface area contributed by atoms with Crippen LogP contribution < -0.4 is 10.3 Å². The summed E-state index contributed by atoms with van der Waals surface area (Å²) in [6.45, 7) is 1.71. The number of hydrogen-bond donors (Lipinski definition) is 1. The molecule has 7 nitrogen and oxygen atoms in total. The van der Waals surface area contributed by atoms with Crippen LogP contribution in [0.15, 0.2) is 53.3 Å². The van der Waals surface area contributed by atoms with Gasteiger partial charge in [-0.1, -0.05) is 24.3 Å². The Morgan fingerprint density at radius 1 is 1.21 bits per heavy atom. The highest BCUT2D eigenvalue weighted by atomic mass is 19.4. The zero-order valence-corrected chi connectivity index (χ0v) is 17.6. The van der Waals surface area contributed by atoms with Crippen molar-refractivity contribution < 1.29 is 17.9 Å². The summed E-state index contributed by atoms with van der Waals surface area (Å²) >= 11 is 0. The molecule has 2 heterocycles. The van der Waals surface area contributed by atoms with E-state index in [-0.39, 0.29) is 16.7 Å². The molecule has 1 atom stereocenters. The largest absolute Gasteiger partial charge is 0.497 e. The number of benzene rings is 2. The highest BCUT2D eigenvalue weighted by molar-refractivity contribution is 5.80. The predicted octanol–water partition coefficient (Wildman–Crippen LogP) is 4.22. The molecule has 0 radical (unpaired) electrons. The fourth-order valence-electron chi connectivity index (χ4n) is 3.59. The van der Waals surface area contributed by atoms with Crippen molar-refractivity contribution in [3.8, 4) is 11.8 Å². The molecule has 0 bridgehead atoms. The highest BCUT2D eigenvalue weighted by Gasteiger charge is 2.30. The number of hydrogen-bond acceptors (Lipinski definition) is 5. The molecule has 2 aromatic heterocycles. The molecule has 2 aromatic carbocycles. The zero-order chi connectivity index (χ0) is 23.8. The van der Waals surface area contributed by atoms with Crippen molar-refractivity contribution in [3.63, 3.8) is 0 Å². The van der Waals surface area contributed by atoms with E-state index in [0.29, 0.717) is 23.6 Å². The number of halogens is 3. The van der Waals surface area contributed by atoms with Crippen LogP contribution in [0.1, 0.15) is 41.2 Å². The summed E-state index contributed by atoms with van der Waals surface area (Å²) in [4.78, 5) is 20.0. The van der Waals surface area contributed by atoms with Crippen molar-refractivity contribution in [2.75, 3.05) is 7.11 Å². The molecule has 1 N–H and O–H groups in total. The maximum Gasteiger partial charge on any atom is 0.416 e. The Kier molecular flexibility index (Phi) is 5.64. The third-order valence-corrected chi connectivity index (χ3v) is 5.31. The number of aromatic nitrogens is 4. The van der Waals surface area contributed by atoms with Crippen LogP contribution in [-0.2, 0) is 12.6 Å². The molecule has 0 spiro atoms. The number of alkyl halides is 3. The lowest BCUT2D eigenvalue weighted by molar-refractivity contribution is -0.137.